The van der Waals surface area contributed by atoms with Crippen LogP contribution < -0.4 is 5.32 Å². The third-order valence-electron chi connectivity index (χ3n) is 5.55. The maximum atomic E-state index is 13.6. The summed E-state index contributed by atoms with van der Waals surface area (Å²) in [6, 6.07) is 19.4. The van der Waals surface area contributed by atoms with Crippen LogP contribution in [0.5, 0.6) is 0 Å². The Hall–Kier alpha value is -4.08. The number of hydrogen-bond donors (Lipinski definition) is 1. The standard InChI is InChI=1S/C26H19N5O2S2/c1-15-10-11-21(33-15)20-14-35-26(28-20)29-25(32)18-13-19(22-9-6-12-34-22)27-24-23(18)16(2)30-31(24)17-7-4-3-5-8-17/h3-14H,1-2H3,(H,28,29,32). The number of furan rings is 1. The van der Waals surface area contributed by atoms with Crippen LogP contribution in [-0.4, -0.2) is 25.7 Å². The van der Waals surface area contributed by atoms with E-state index in [4.69, 9.17) is 14.5 Å². The summed E-state index contributed by atoms with van der Waals surface area (Å²) in [7, 11) is 0. The first-order valence-corrected chi connectivity index (χ1v) is 12.7. The molecule has 0 spiro atoms. The molecule has 0 fully saturated rings. The van der Waals surface area contributed by atoms with E-state index in [2.05, 4.69) is 10.3 Å². The summed E-state index contributed by atoms with van der Waals surface area (Å²) in [6.45, 7) is 3.78. The Bertz CT molecular complexity index is 1660. The van der Waals surface area contributed by atoms with Crippen molar-refractivity contribution < 1.29 is 9.21 Å². The van der Waals surface area contributed by atoms with Crippen LogP contribution in [0.2, 0.25) is 0 Å². The van der Waals surface area contributed by atoms with Gasteiger partial charge in [0, 0.05) is 5.38 Å². The van der Waals surface area contributed by atoms with Crippen molar-refractivity contribution in [1.29, 1.82) is 0 Å². The van der Waals surface area contributed by atoms with Gasteiger partial charge < -0.3 is 4.42 Å². The van der Waals surface area contributed by atoms with Crippen molar-refractivity contribution in [3.63, 3.8) is 0 Å². The lowest BCUT2D eigenvalue weighted by molar-refractivity contribution is 0.102. The number of pyridine rings is 1. The first-order valence-electron chi connectivity index (χ1n) is 10.9. The second-order valence-corrected chi connectivity index (χ2v) is 9.77. The van der Waals surface area contributed by atoms with Gasteiger partial charge in [-0.25, -0.2) is 14.6 Å². The van der Waals surface area contributed by atoms with Gasteiger partial charge in [-0.3, -0.25) is 10.1 Å². The summed E-state index contributed by atoms with van der Waals surface area (Å²) < 4.78 is 7.45. The average molecular weight is 498 g/mol. The Morgan fingerprint density at radius 2 is 1.83 bits per heavy atom. The van der Waals surface area contributed by atoms with Crippen molar-refractivity contribution in [1.82, 2.24) is 19.7 Å². The van der Waals surface area contributed by atoms with Crippen molar-refractivity contribution in [2.45, 2.75) is 13.8 Å². The van der Waals surface area contributed by atoms with Gasteiger partial charge in [-0.15, -0.1) is 22.7 Å². The Balaban J connectivity index is 1.45. The maximum absolute atomic E-state index is 13.6. The highest BCUT2D eigenvalue weighted by atomic mass is 32.1. The molecule has 9 heteroatoms. The lowest BCUT2D eigenvalue weighted by Crippen LogP contribution is -2.13. The minimum absolute atomic E-state index is 0.262. The molecule has 0 bridgehead atoms. The fourth-order valence-corrected chi connectivity index (χ4v) is 5.33. The van der Waals surface area contributed by atoms with Gasteiger partial charge in [-0.2, -0.15) is 5.10 Å². The van der Waals surface area contributed by atoms with E-state index in [9.17, 15) is 4.79 Å². The predicted octanol–water partition coefficient (Wildman–Crippen LogP) is 6.73. The fourth-order valence-electron chi connectivity index (χ4n) is 3.95. The number of rotatable bonds is 5. The molecule has 5 aromatic heterocycles. The van der Waals surface area contributed by atoms with Gasteiger partial charge in [-0.1, -0.05) is 24.3 Å². The molecule has 0 radical (unpaired) electrons. The molecule has 0 aliphatic carbocycles. The minimum Gasteiger partial charge on any atom is -0.460 e. The number of amides is 1. The molecular weight excluding hydrogens is 478 g/mol. The molecule has 172 valence electrons. The van der Waals surface area contributed by atoms with Crippen LogP contribution in [0.1, 0.15) is 21.8 Å². The molecule has 7 nitrogen and oxygen atoms in total. The van der Waals surface area contributed by atoms with E-state index in [1.54, 1.807) is 16.0 Å². The zero-order chi connectivity index (χ0) is 23.9. The number of carbonyl (C=O) groups excluding carboxylic acids is 1. The number of para-hydroxylation sites is 1. The highest BCUT2D eigenvalue weighted by Crippen LogP contribution is 2.32. The topological polar surface area (TPSA) is 85.8 Å². The van der Waals surface area contributed by atoms with Crippen molar-refractivity contribution in [2.75, 3.05) is 5.32 Å². The number of aryl methyl sites for hydroxylation is 2. The van der Waals surface area contributed by atoms with Crippen LogP contribution >= 0.6 is 22.7 Å². The molecule has 35 heavy (non-hydrogen) atoms. The fraction of sp³-hybridized carbons (Fsp3) is 0.0769. The van der Waals surface area contributed by atoms with E-state index >= 15 is 0 Å². The molecular formula is C26H19N5O2S2. The van der Waals surface area contributed by atoms with Gasteiger partial charge in [-0.05, 0) is 55.6 Å². The number of thiophene rings is 1. The van der Waals surface area contributed by atoms with E-state index in [0.717, 1.165) is 27.7 Å². The van der Waals surface area contributed by atoms with Crippen LogP contribution in [0.3, 0.4) is 0 Å². The lowest BCUT2D eigenvalue weighted by Gasteiger charge is -2.08. The molecule has 1 N–H and O–H groups in total. The zero-order valence-electron chi connectivity index (χ0n) is 18.9. The van der Waals surface area contributed by atoms with Crippen LogP contribution in [0.4, 0.5) is 5.13 Å². The molecule has 1 amide bonds. The minimum atomic E-state index is -0.262. The molecule has 0 atom stereocenters. The molecule has 6 aromatic rings. The Morgan fingerprint density at radius 3 is 2.57 bits per heavy atom. The molecule has 6 rings (SSSR count). The highest BCUT2D eigenvalue weighted by Gasteiger charge is 2.22. The van der Waals surface area contributed by atoms with Crippen molar-refractivity contribution in [3.05, 3.63) is 88.4 Å². The quantitative estimate of drug-likeness (QED) is 0.285. The number of carbonyl (C=O) groups is 1. The van der Waals surface area contributed by atoms with Crippen molar-refractivity contribution in [3.8, 4) is 27.7 Å². The van der Waals surface area contributed by atoms with Gasteiger partial charge in [0.15, 0.2) is 16.5 Å². The molecule has 0 saturated carbocycles. The number of hydrogen-bond acceptors (Lipinski definition) is 7. The Labute approximate surface area is 208 Å². The smallest absolute Gasteiger partial charge is 0.258 e. The number of anilines is 1. The van der Waals surface area contributed by atoms with Gasteiger partial charge in [0.2, 0.25) is 0 Å². The van der Waals surface area contributed by atoms with E-state index in [1.807, 2.05) is 85.3 Å². The maximum Gasteiger partial charge on any atom is 0.258 e. The number of aromatic nitrogens is 4. The van der Waals surface area contributed by atoms with Crippen LogP contribution in [0, 0.1) is 13.8 Å². The molecule has 0 aliphatic heterocycles. The molecule has 5 heterocycles. The first kappa shape index (κ1) is 21.5. The predicted molar refractivity (Wildman–Crippen MR) is 139 cm³/mol. The largest absolute Gasteiger partial charge is 0.460 e. The second-order valence-electron chi connectivity index (χ2n) is 7.97. The van der Waals surface area contributed by atoms with E-state index in [-0.39, 0.29) is 5.91 Å². The normalized spacial score (nSPS) is 11.3. The number of nitrogens with zero attached hydrogens (tertiary/aromatic N) is 4. The molecule has 1 aromatic carbocycles. The second kappa shape index (κ2) is 8.61. The van der Waals surface area contributed by atoms with Gasteiger partial charge in [0.05, 0.1) is 32.9 Å². The number of benzene rings is 1. The van der Waals surface area contributed by atoms with Gasteiger partial charge >= 0.3 is 0 Å². The highest BCUT2D eigenvalue weighted by molar-refractivity contribution is 7.14. The van der Waals surface area contributed by atoms with E-state index in [0.29, 0.717) is 33.2 Å². The first-order chi connectivity index (χ1) is 17.1. The molecule has 0 aliphatic rings. The number of nitrogens with one attached hydrogen (secondary N) is 1. The van der Waals surface area contributed by atoms with E-state index in [1.165, 1.54) is 11.3 Å². The third-order valence-corrected chi connectivity index (χ3v) is 7.20. The summed E-state index contributed by atoms with van der Waals surface area (Å²) in [5.74, 6) is 1.22. The van der Waals surface area contributed by atoms with Crippen LogP contribution in [0.25, 0.3) is 38.7 Å². The molecule has 0 unspecified atom stereocenters. The monoisotopic (exact) mass is 497 g/mol. The molecule has 0 saturated heterocycles. The summed E-state index contributed by atoms with van der Waals surface area (Å²) in [5, 5.41) is 12.8. The van der Waals surface area contributed by atoms with Gasteiger partial charge in [0.25, 0.3) is 5.91 Å². The van der Waals surface area contributed by atoms with Crippen molar-refractivity contribution in [2.24, 2.45) is 0 Å². The third kappa shape index (κ3) is 3.94. The average Bonchev–Trinajstić information content (AvgIpc) is 3.67. The lowest BCUT2D eigenvalue weighted by atomic mass is 10.1. The van der Waals surface area contributed by atoms with Gasteiger partial charge in [0.1, 0.15) is 11.5 Å². The van der Waals surface area contributed by atoms with Crippen molar-refractivity contribution >= 4 is 44.7 Å². The Morgan fingerprint density at radius 1 is 0.971 bits per heavy atom. The summed E-state index contributed by atoms with van der Waals surface area (Å²) in [6.07, 6.45) is 0. The number of thiazole rings is 1. The summed E-state index contributed by atoms with van der Waals surface area (Å²) >= 11 is 2.93. The SMILES string of the molecule is Cc1ccc(-c2csc(NC(=O)c3cc(-c4cccs4)nc4c3c(C)nn4-c3ccccc3)n2)o1. The van der Waals surface area contributed by atoms with E-state index < -0.39 is 0 Å². The van der Waals surface area contributed by atoms with Crippen LogP contribution in [0.15, 0.2) is 75.8 Å². The Kier molecular flexibility index (Phi) is 5.28. The number of fused-ring (bicyclic) bond motifs is 1. The summed E-state index contributed by atoms with van der Waals surface area (Å²) in [4.78, 5) is 24.0. The van der Waals surface area contributed by atoms with Crippen LogP contribution in [-0.2, 0) is 0 Å². The zero-order valence-corrected chi connectivity index (χ0v) is 20.5. The summed E-state index contributed by atoms with van der Waals surface area (Å²) in [5.41, 5.74) is 4.15.